The van der Waals surface area contributed by atoms with Crippen molar-refractivity contribution in [3.05, 3.63) is 59.4 Å². The fraction of sp³-hybridized carbons (Fsp3) is 0.667. The Morgan fingerprint density at radius 1 is 0.939 bits per heavy atom. The standard InChI is InChI=1S/C30H48O2Si/c1-21(2)28-18-29(32-33(22(3)4,23(5)6)24(7)8)27-17-13-16-26(19-30(27,28)9)31-20-25-14-11-10-12-15-25/h10-12,14-15,17-18,21-24,26,28H,13,16,19-20H2,1-9H3/t26-,28+,30-/m0/s1. The third-order valence-corrected chi connectivity index (χ3v) is 14.5. The van der Waals surface area contributed by atoms with Gasteiger partial charge in [-0.1, -0.05) is 98.7 Å². The topological polar surface area (TPSA) is 18.5 Å². The van der Waals surface area contributed by atoms with E-state index in [-0.39, 0.29) is 11.5 Å². The first-order chi connectivity index (χ1) is 15.5. The highest BCUT2D eigenvalue weighted by atomic mass is 28.4. The lowest BCUT2D eigenvalue weighted by Crippen LogP contribution is -2.47. The molecule has 3 atom stereocenters. The lowest BCUT2D eigenvalue weighted by molar-refractivity contribution is 0.00401. The molecule has 0 aliphatic heterocycles. The Hall–Kier alpha value is -1.32. The van der Waals surface area contributed by atoms with E-state index in [4.69, 9.17) is 9.16 Å². The molecule has 0 saturated heterocycles. The van der Waals surface area contributed by atoms with E-state index in [0.29, 0.717) is 35.1 Å². The van der Waals surface area contributed by atoms with E-state index in [9.17, 15) is 0 Å². The summed E-state index contributed by atoms with van der Waals surface area (Å²) < 4.78 is 13.8. The summed E-state index contributed by atoms with van der Waals surface area (Å²) in [7, 11) is -2.00. The van der Waals surface area contributed by atoms with Crippen molar-refractivity contribution in [1.29, 1.82) is 0 Å². The molecule has 0 amide bonds. The van der Waals surface area contributed by atoms with Crippen molar-refractivity contribution in [2.45, 2.75) is 111 Å². The van der Waals surface area contributed by atoms with Gasteiger partial charge < -0.3 is 9.16 Å². The van der Waals surface area contributed by atoms with Crippen LogP contribution < -0.4 is 0 Å². The van der Waals surface area contributed by atoms with Gasteiger partial charge in [0.15, 0.2) is 0 Å². The van der Waals surface area contributed by atoms with Crippen molar-refractivity contribution >= 4 is 8.32 Å². The first-order valence-electron chi connectivity index (χ1n) is 13.3. The van der Waals surface area contributed by atoms with Gasteiger partial charge in [0.1, 0.15) is 5.76 Å². The molecule has 2 nitrogen and oxygen atoms in total. The molecule has 0 bridgehead atoms. The van der Waals surface area contributed by atoms with Gasteiger partial charge in [-0.3, -0.25) is 0 Å². The SMILES string of the molecule is CC(C)[C@H]1C=C(O[Si](C(C)C)(C(C)C)C(C)C)C2=CCC[C@H](OCc3ccccc3)C[C@@]21C. The fourth-order valence-corrected chi connectivity index (χ4v) is 12.2. The van der Waals surface area contributed by atoms with Gasteiger partial charge in [0.05, 0.1) is 12.7 Å². The van der Waals surface area contributed by atoms with Crippen molar-refractivity contribution in [2.75, 3.05) is 0 Å². The van der Waals surface area contributed by atoms with Crippen LogP contribution in [-0.4, -0.2) is 14.4 Å². The molecule has 1 aromatic carbocycles. The van der Waals surface area contributed by atoms with Gasteiger partial charge >= 0.3 is 0 Å². The van der Waals surface area contributed by atoms with Crippen molar-refractivity contribution < 1.29 is 9.16 Å². The highest BCUT2D eigenvalue weighted by Crippen LogP contribution is 2.56. The molecule has 2 aliphatic carbocycles. The molecule has 0 heterocycles. The van der Waals surface area contributed by atoms with Crippen LogP contribution in [0.2, 0.25) is 16.6 Å². The number of rotatable bonds is 9. The minimum atomic E-state index is -2.00. The van der Waals surface area contributed by atoms with Gasteiger partial charge in [-0.2, -0.15) is 0 Å². The van der Waals surface area contributed by atoms with E-state index >= 15 is 0 Å². The molecule has 0 aromatic heterocycles. The predicted octanol–water partition coefficient (Wildman–Crippen LogP) is 9.05. The van der Waals surface area contributed by atoms with E-state index in [1.807, 2.05) is 0 Å². The van der Waals surface area contributed by atoms with Crippen LogP contribution in [0.1, 0.15) is 87.1 Å². The summed E-state index contributed by atoms with van der Waals surface area (Å²) in [6, 6.07) is 10.6. The molecule has 2 aliphatic rings. The van der Waals surface area contributed by atoms with Crippen LogP contribution in [0.5, 0.6) is 0 Å². The van der Waals surface area contributed by atoms with Crippen LogP contribution >= 0.6 is 0 Å². The average molecular weight is 469 g/mol. The van der Waals surface area contributed by atoms with E-state index in [2.05, 4.69) is 105 Å². The van der Waals surface area contributed by atoms with Gasteiger partial charge in [-0.05, 0) is 64.9 Å². The molecule has 3 rings (SSSR count). The number of fused-ring (bicyclic) bond motifs is 1. The van der Waals surface area contributed by atoms with E-state index in [1.165, 1.54) is 16.9 Å². The lowest BCUT2D eigenvalue weighted by atomic mass is 9.68. The summed E-state index contributed by atoms with van der Waals surface area (Å²) in [4.78, 5) is 0. The molecule has 0 radical (unpaired) electrons. The molecule has 1 aromatic rings. The Bertz CT molecular complexity index is 814. The molecule has 0 fully saturated rings. The Morgan fingerprint density at radius 3 is 2.09 bits per heavy atom. The highest BCUT2D eigenvalue weighted by Gasteiger charge is 2.52. The van der Waals surface area contributed by atoms with Crippen molar-refractivity contribution in [3.8, 4) is 0 Å². The normalized spacial score (nSPS) is 26.0. The van der Waals surface area contributed by atoms with E-state index in [1.54, 1.807) is 0 Å². The summed E-state index contributed by atoms with van der Waals surface area (Å²) in [5.74, 6) is 2.26. The summed E-state index contributed by atoms with van der Waals surface area (Å²) in [5, 5.41) is 0. The molecule has 0 N–H and O–H groups in total. The summed E-state index contributed by atoms with van der Waals surface area (Å²) in [5.41, 5.74) is 4.54. The third-order valence-electron chi connectivity index (χ3n) is 8.48. The maximum absolute atomic E-state index is 7.31. The van der Waals surface area contributed by atoms with Crippen LogP contribution in [0.4, 0.5) is 0 Å². The fourth-order valence-electron chi connectivity index (χ4n) is 6.96. The van der Waals surface area contributed by atoms with Crippen molar-refractivity contribution in [3.63, 3.8) is 0 Å². The average Bonchev–Trinajstić information content (AvgIpc) is 2.89. The Kier molecular flexibility index (Phi) is 8.38. The smallest absolute Gasteiger partial charge is 0.258 e. The second kappa shape index (κ2) is 10.5. The van der Waals surface area contributed by atoms with Crippen LogP contribution in [0.3, 0.4) is 0 Å². The molecular formula is C30H48O2Si. The van der Waals surface area contributed by atoms with Crippen LogP contribution in [0.15, 0.2) is 53.8 Å². The minimum Gasteiger partial charge on any atom is -0.543 e. The minimum absolute atomic E-state index is 0.0758. The number of hydrogen-bond donors (Lipinski definition) is 0. The molecule has 3 heteroatoms. The van der Waals surface area contributed by atoms with Crippen LogP contribution in [0, 0.1) is 17.3 Å². The Balaban J connectivity index is 1.88. The summed E-state index contributed by atoms with van der Waals surface area (Å²) in [6.07, 6.45) is 8.50. The van der Waals surface area contributed by atoms with Crippen LogP contribution in [0.25, 0.3) is 0 Å². The molecule has 0 unspecified atom stereocenters. The monoisotopic (exact) mass is 468 g/mol. The van der Waals surface area contributed by atoms with Gasteiger partial charge in [-0.15, -0.1) is 0 Å². The zero-order valence-electron chi connectivity index (χ0n) is 22.7. The first kappa shape index (κ1) is 26.3. The number of allylic oxidation sites excluding steroid dienone is 3. The summed E-state index contributed by atoms with van der Waals surface area (Å²) >= 11 is 0. The van der Waals surface area contributed by atoms with Crippen molar-refractivity contribution in [1.82, 2.24) is 0 Å². The molecule has 33 heavy (non-hydrogen) atoms. The Labute approximate surface area is 205 Å². The zero-order valence-corrected chi connectivity index (χ0v) is 23.7. The summed E-state index contributed by atoms with van der Waals surface area (Å²) in [6.45, 7) is 22.2. The Morgan fingerprint density at radius 2 is 1.55 bits per heavy atom. The number of ether oxygens (including phenoxy) is 1. The van der Waals surface area contributed by atoms with Gasteiger partial charge in [0, 0.05) is 5.41 Å². The highest BCUT2D eigenvalue weighted by molar-refractivity contribution is 6.77. The molecular weight excluding hydrogens is 420 g/mol. The van der Waals surface area contributed by atoms with E-state index < -0.39 is 8.32 Å². The molecule has 0 spiro atoms. The predicted molar refractivity (Wildman–Crippen MR) is 144 cm³/mol. The second-order valence-corrected chi connectivity index (χ2v) is 17.3. The third kappa shape index (κ3) is 5.20. The number of hydrogen-bond acceptors (Lipinski definition) is 2. The lowest BCUT2D eigenvalue weighted by Gasteiger charge is -2.43. The zero-order chi connectivity index (χ0) is 24.4. The number of benzene rings is 1. The quantitative estimate of drug-likeness (QED) is 0.336. The van der Waals surface area contributed by atoms with Gasteiger partial charge in [0.25, 0.3) is 8.32 Å². The van der Waals surface area contributed by atoms with Gasteiger partial charge in [0.2, 0.25) is 0 Å². The van der Waals surface area contributed by atoms with Crippen molar-refractivity contribution in [2.24, 2.45) is 17.3 Å². The maximum Gasteiger partial charge on any atom is 0.258 e. The maximum atomic E-state index is 7.31. The largest absolute Gasteiger partial charge is 0.543 e. The van der Waals surface area contributed by atoms with Crippen LogP contribution in [-0.2, 0) is 15.8 Å². The van der Waals surface area contributed by atoms with E-state index in [0.717, 1.165) is 19.3 Å². The first-order valence-corrected chi connectivity index (χ1v) is 15.4. The second-order valence-electron chi connectivity index (χ2n) is 12.0. The van der Waals surface area contributed by atoms with Gasteiger partial charge in [-0.25, -0.2) is 0 Å². The molecule has 184 valence electrons. The molecule has 0 saturated carbocycles.